The van der Waals surface area contributed by atoms with E-state index in [1.165, 1.54) is 6.92 Å². The van der Waals surface area contributed by atoms with Crippen LogP contribution in [0, 0.1) is 0 Å². The van der Waals surface area contributed by atoms with Crippen molar-refractivity contribution < 1.29 is 13.2 Å². The number of benzene rings is 1. The van der Waals surface area contributed by atoms with Gasteiger partial charge >= 0.3 is 0 Å². The van der Waals surface area contributed by atoms with Gasteiger partial charge in [-0.2, -0.15) is 0 Å². The molecule has 0 aliphatic carbocycles. The minimum absolute atomic E-state index is 0.0653. The van der Waals surface area contributed by atoms with Gasteiger partial charge in [0.2, 0.25) is 10.0 Å². The van der Waals surface area contributed by atoms with E-state index in [0.717, 1.165) is 6.42 Å². The van der Waals surface area contributed by atoms with Gasteiger partial charge in [0.1, 0.15) is 11.0 Å². The van der Waals surface area contributed by atoms with Crippen molar-refractivity contribution >= 4 is 32.9 Å². The van der Waals surface area contributed by atoms with Crippen molar-refractivity contribution in [2.75, 3.05) is 4.72 Å². The lowest BCUT2D eigenvalue weighted by Crippen LogP contribution is -2.35. The zero-order chi connectivity index (χ0) is 15.3. The zero-order valence-corrected chi connectivity index (χ0v) is 13.4. The maximum Gasteiger partial charge on any atom is 0.241 e. The summed E-state index contributed by atoms with van der Waals surface area (Å²) in [7, 11) is -3.64. The molecule has 2 atom stereocenters. The predicted molar refractivity (Wildman–Crippen MR) is 85.6 cm³/mol. The summed E-state index contributed by atoms with van der Waals surface area (Å²) in [5.41, 5.74) is 5.80. The van der Waals surface area contributed by atoms with E-state index in [2.05, 4.69) is 4.72 Å². The van der Waals surface area contributed by atoms with Gasteiger partial charge in [-0.15, -0.1) is 0 Å². The fourth-order valence-electron chi connectivity index (χ4n) is 1.35. The quantitative estimate of drug-likeness (QED) is 0.754. The number of hydrogen-bond acceptors (Lipinski definition) is 4. The second-order valence-corrected chi connectivity index (χ2v) is 7.03. The Labute approximate surface area is 125 Å². The van der Waals surface area contributed by atoms with Crippen LogP contribution in [0.4, 0.5) is 5.69 Å². The lowest BCUT2D eigenvalue weighted by Gasteiger charge is -2.16. The number of anilines is 1. The van der Waals surface area contributed by atoms with Crippen LogP contribution in [0.25, 0.3) is 0 Å². The Morgan fingerprint density at radius 3 is 2.65 bits per heavy atom. The molecule has 112 valence electrons. The third kappa shape index (κ3) is 4.64. The van der Waals surface area contributed by atoms with Crippen LogP contribution in [0.2, 0.25) is 0 Å². The smallest absolute Gasteiger partial charge is 0.241 e. The fraction of sp³-hybridized carbons (Fsp3) is 0.462. The predicted octanol–water partition coefficient (Wildman–Crippen LogP) is 2.28. The molecule has 3 N–H and O–H groups in total. The van der Waals surface area contributed by atoms with Crippen LogP contribution in [0.15, 0.2) is 24.3 Å². The topological polar surface area (TPSA) is 81.4 Å². The fourth-order valence-corrected chi connectivity index (χ4v) is 2.67. The standard InChI is InChI=1S/C13H20N2O3S2/c1-4-9(2)18-12-7-5-6-11(8-12)15-20(16,17)10(3)13(14)19/h5-10,15H,4H2,1-3H3,(H2,14,19). The van der Waals surface area contributed by atoms with Crippen molar-refractivity contribution in [3.8, 4) is 5.75 Å². The normalized spacial score (nSPS) is 14.3. The van der Waals surface area contributed by atoms with Gasteiger partial charge in [0.05, 0.1) is 16.8 Å². The number of nitrogens with one attached hydrogen (secondary N) is 1. The van der Waals surface area contributed by atoms with Crippen LogP contribution >= 0.6 is 12.2 Å². The van der Waals surface area contributed by atoms with Crippen molar-refractivity contribution in [2.45, 2.75) is 38.5 Å². The highest BCUT2D eigenvalue weighted by Gasteiger charge is 2.23. The number of thiocarbonyl (C=S) groups is 1. The number of hydrogen-bond donors (Lipinski definition) is 2. The Bertz CT molecular complexity index is 573. The van der Waals surface area contributed by atoms with E-state index in [9.17, 15) is 8.42 Å². The molecule has 0 spiro atoms. The molecule has 0 amide bonds. The Morgan fingerprint density at radius 2 is 2.10 bits per heavy atom. The zero-order valence-electron chi connectivity index (χ0n) is 11.8. The molecule has 0 saturated carbocycles. The second-order valence-electron chi connectivity index (χ2n) is 4.56. The van der Waals surface area contributed by atoms with E-state index < -0.39 is 15.3 Å². The van der Waals surface area contributed by atoms with Gasteiger partial charge in [-0.3, -0.25) is 4.72 Å². The lowest BCUT2D eigenvalue weighted by atomic mass is 10.3. The molecule has 0 aliphatic rings. The summed E-state index contributed by atoms with van der Waals surface area (Å²) in [4.78, 5) is -0.0653. The van der Waals surface area contributed by atoms with E-state index in [-0.39, 0.29) is 11.1 Å². The molecule has 0 bridgehead atoms. The molecular weight excluding hydrogens is 296 g/mol. The summed E-state index contributed by atoms with van der Waals surface area (Å²) >= 11 is 4.72. The molecule has 0 radical (unpaired) electrons. The summed E-state index contributed by atoms with van der Waals surface area (Å²) in [5.74, 6) is 0.613. The first-order valence-electron chi connectivity index (χ1n) is 6.34. The summed E-state index contributed by atoms with van der Waals surface area (Å²) in [6, 6.07) is 6.78. The highest BCUT2D eigenvalue weighted by Crippen LogP contribution is 2.21. The summed E-state index contributed by atoms with van der Waals surface area (Å²) in [5, 5.41) is -0.934. The molecule has 0 saturated heterocycles. The van der Waals surface area contributed by atoms with E-state index in [1.807, 2.05) is 13.8 Å². The molecule has 7 heteroatoms. The third-order valence-corrected chi connectivity index (χ3v) is 5.08. The number of ether oxygens (including phenoxy) is 1. The van der Waals surface area contributed by atoms with Crippen molar-refractivity contribution in [1.29, 1.82) is 0 Å². The highest BCUT2D eigenvalue weighted by atomic mass is 32.2. The molecule has 0 fully saturated rings. The third-order valence-electron chi connectivity index (χ3n) is 2.87. The van der Waals surface area contributed by atoms with Crippen molar-refractivity contribution in [2.24, 2.45) is 5.73 Å². The van der Waals surface area contributed by atoms with Gasteiger partial charge in [0.15, 0.2) is 0 Å². The van der Waals surface area contributed by atoms with E-state index in [4.69, 9.17) is 22.7 Å². The molecule has 2 unspecified atom stereocenters. The van der Waals surface area contributed by atoms with Gasteiger partial charge in [-0.25, -0.2) is 8.42 Å². The highest BCUT2D eigenvalue weighted by molar-refractivity contribution is 7.95. The maximum atomic E-state index is 12.0. The number of nitrogens with two attached hydrogens (primary N) is 1. The van der Waals surface area contributed by atoms with Crippen LogP contribution in [0.3, 0.4) is 0 Å². The van der Waals surface area contributed by atoms with E-state index in [1.54, 1.807) is 24.3 Å². The molecule has 1 aromatic rings. The van der Waals surface area contributed by atoms with Gasteiger partial charge in [0, 0.05) is 6.07 Å². The van der Waals surface area contributed by atoms with E-state index >= 15 is 0 Å². The summed E-state index contributed by atoms with van der Waals surface area (Å²) in [6.07, 6.45) is 0.937. The van der Waals surface area contributed by atoms with Crippen molar-refractivity contribution in [3.05, 3.63) is 24.3 Å². The molecular formula is C13H20N2O3S2. The second kappa shape index (κ2) is 6.90. The van der Waals surface area contributed by atoms with Gasteiger partial charge in [0.25, 0.3) is 0 Å². The number of sulfonamides is 1. The van der Waals surface area contributed by atoms with Gasteiger partial charge < -0.3 is 10.5 Å². The Morgan fingerprint density at radius 1 is 1.45 bits per heavy atom. The van der Waals surface area contributed by atoms with Crippen molar-refractivity contribution in [1.82, 2.24) is 0 Å². The van der Waals surface area contributed by atoms with Crippen LogP contribution in [-0.2, 0) is 10.0 Å². The van der Waals surface area contributed by atoms with Crippen LogP contribution < -0.4 is 15.2 Å². The molecule has 5 nitrogen and oxygen atoms in total. The maximum absolute atomic E-state index is 12.0. The average Bonchev–Trinajstić information content (AvgIpc) is 2.37. The lowest BCUT2D eigenvalue weighted by molar-refractivity contribution is 0.217. The molecule has 0 heterocycles. The van der Waals surface area contributed by atoms with E-state index in [0.29, 0.717) is 11.4 Å². The van der Waals surface area contributed by atoms with Crippen LogP contribution in [-0.4, -0.2) is 24.8 Å². The number of rotatable bonds is 7. The Balaban J connectivity index is 2.88. The Kier molecular flexibility index (Phi) is 5.76. The minimum Gasteiger partial charge on any atom is -0.491 e. The molecule has 0 aliphatic heterocycles. The SMILES string of the molecule is CCC(C)Oc1cccc(NS(=O)(=O)C(C)C(N)=S)c1. The molecule has 20 heavy (non-hydrogen) atoms. The summed E-state index contributed by atoms with van der Waals surface area (Å²) in [6.45, 7) is 5.41. The largest absolute Gasteiger partial charge is 0.491 e. The molecule has 0 aromatic heterocycles. The van der Waals surface area contributed by atoms with Gasteiger partial charge in [-0.05, 0) is 32.4 Å². The Hall–Kier alpha value is -1.34. The van der Waals surface area contributed by atoms with Crippen molar-refractivity contribution in [3.63, 3.8) is 0 Å². The summed E-state index contributed by atoms with van der Waals surface area (Å²) < 4.78 is 32.1. The first kappa shape index (κ1) is 16.7. The van der Waals surface area contributed by atoms with Crippen LogP contribution in [0.1, 0.15) is 27.2 Å². The first-order valence-corrected chi connectivity index (χ1v) is 8.29. The first-order chi connectivity index (χ1) is 9.26. The molecule has 1 aromatic carbocycles. The monoisotopic (exact) mass is 316 g/mol. The molecule has 1 rings (SSSR count). The van der Waals surface area contributed by atoms with Crippen LogP contribution in [0.5, 0.6) is 5.75 Å². The van der Waals surface area contributed by atoms with Gasteiger partial charge in [-0.1, -0.05) is 25.2 Å². The average molecular weight is 316 g/mol. The minimum atomic E-state index is -3.64.